The summed E-state index contributed by atoms with van der Waals surface area (Å²) in [4.78, 5) is 0. The van der Waals surface area contributed by atoms with Crippen molar-refractivity contribution in [2.45, 2.75) is 32.7 Å². The zero-order chi connectivity index (χ0) is 11.8. The molecule has 0 aliphatic carbocycles. The first kappa shape index (κ1) is 13.2. The number of ether oxygens (including phenoxy) is 1. The van der Waals surface area contributed by atoms with E-state index in [9.17, 15) is 0 Å². The van der Waals surface area contributed by atoms with Gasteiger partial charge in [-0.3, -0.25) is 4.68 Å². The van der Waals surface area contributed by atoms with Crippen LogP contribution in [0, 0.1) is 0 Å². The highest BCUT2D eigenvalue weighted by Gasteiger charge is 2.03. The molecule has 4 nitrogen and oxygen atoms in total. The van der Waals surface area contributed by atoms with Crippen LogP contribution in [0.3, 0.4) is 0 Å². The van der Waals surface area contributed by atoms with Crippen molar-refractivity contribution in [3.63, 3.8) is 0 Å². The molecule has 1 aromatic rings. The number of rotatable bonds is 8. The van der Waals surface area contributed by atoms with Gasteiger partial charge in [0.15, 0.2) is 0 Å². The van der Waals surface area contributed by atoms with Crippen LogP contribution in [0.15, 0.2) is 12.3 Å². The van der Waals surface area contributed by atoms with E-state index in [2.05, 4.69) is 36.5 Å². The Labute approximate surface area is 98.0 Å². The van der Waals surface area contributed by atoms with Gasteiger partial charge in [0.25, 0.3) is 0 Å². The van der Waals surface area contributed by atoms with E-state index in [1.54, 1.807) is 7.11 Å². The molecule has 0 fully saturated rings. The lowest BCUT2D eigenvalue weighted by atomic mass is 10.3. The first-order valence-corrected chi connectivity index (χ1v) is 6.01. The molecule has 0 amide bonds. The Hall–Kier alpha value is -0.870. The maximum absolute atomic E-state index is 4.96. The molecule has 1 atom stereocenters. The van der Waals surface area contributed by atoms with Crippen LogP contribution in [0.5, 0.6) is 0 Å². The first-order valence-electron chi connectivity index (χ1n) is 6.01. The molecule has 1 unspecified atom stereocenters. The maximum atomic E-state index is 4.96. The minimum atomic E-state index is 0.496. The zero-order valence-corrected chi connectivity index (χ0v) is 10.6. The quantitative estimate of drug-likeness (QED) is 0.684. The number of methoxy groups -OCH3 is 1. The lowest BCUT2D eigenvalue weighted by Crippen LogP contribution is -2.21. The Kier molecular flexibility index (Phi) is 6.11. The Morgan fingerprint density at radius 1 is 1.50 bits per heavy atom. The van der Waals surface area contributed by atoms with Crippen molar-refractivity contribution < 1.29 is 4.74 Å². The molecule has 1 rings (SSSR count). The van der Waals surface area contributed by atoms with E-state index in [-0.39, 0.29) is 0 Å². The smallest absolute Gasteiger partial charge is 0.0637 e. The van der Waals surface area contributed by atoms with Crippen LogP contribution in [0.1, 0.15) is 32.0 Å². The lowest BCUT2D eigenvalue weighted by Gasteiger charge is -2.08. The minimum Gasteiger partial charge on any atom is -0.383 e. The summed E-state index contributed by atoms with van der Waals surface area (Å²) in [5.41, 5.74) is 1.16. The Morgan fingerprint density at radius 2 is 2.31 bits per heavy atom. The second kappa shape index (κ2) is 7.41. The Morgan fingerprint density at radius 3 is 3.00 bits per heavy atom. The van der Waals surface area contributed by atoms with Crippen molar-refractivity contribution in [2.24, 2.45) is 0 Å². The van der Waals surface area contributed by atoms with Gasteiger partial charge in [0.05, 0.1) is 12.3 Å². The molecular formula is C12H23N3O. The van der Waals surface area contributed by atoms with Gasteiger partial charge in [-0.05, 0) is 19.4 Å². The summed E-state index contributed by atoms with van der Waals surface area (Å²) in [5, 5.41) is 7.86. The fraction of sp³-hybridized carbons (Fsp3) is 0.750. The molecule has 92 valence electrons. The average molecular weight is 225 g/mol. The van der Waals surface area contributed by atoms with Gasteiger partial charge in [0.2, 0.25) is 0 Å². The van der Waals surface area contributed by atoms with Gasteiger partial charge in [0.1, 0.15) is 0 Å². The van der Waals surface area contributed by atoms with Crippen molar-refractivity contribution in [1.82, 2.24) is 15.1 Å². The number of hydrogen-bond acceptors (Lipinski definition) is 3. The highest BCUT2D eigenvalue weighted by atomic mass is 16.5. The minimum absolute atomic E-state index is 0.496. The molecule has 0 aromatic carbocycles. The molecule has 16 heavy (non-hydrogen) atoms. The van der Waals surface area contributed by atoms with Crippen molar-refractivity contribution in [2.75, 3.05) is 26.8 Å². The van der Waals surface area contributed by atoms with Crippen LogP contribution >= 0.6 is 0 Å². The third-order valence-corrected chi connectivity index (χ3v) is 2.75. The number of nitrogens with zero attached hydrogens (tertiary/aromatic N) is 2. The molecule has 0 aliphatic heterocycles. The highest BCUT2D eigenvalue weighted by Crippen LogP contribution is 2.09. The summed E-state index contributed by atoms with van der Waals surface area (Å²) in [7, 11) is 1.72. The molecule has 1 N–H and O–H groups in total. The number of aromatic nitrogens is 2. The fourth-order valence-corrected chi connectivity index (χ4v) is 1.46. The van der Waals surface area contributed by atoms with Gasteiger partial charge in [-0.15, -0.1) is 0 Å². The average Bonchev–Trinajstić information content (AvgIpc) is 2.76. The van der Waals surface area contributed by atoms with E-state index in [1.165, 1.54) is 0 Å². The monoisotopic (exact) mass is 225 g/mol. The van der Waals surface area contributed by atoms with Gasteiger partial charge in [-0.1, -0.05) is 6.92 Å². The third kappa shape index (κ3) is 4.33. The van der Waals surface area contributed by atoms with Crippen molar-refractivity contribution in [3.05, 3.63) is 18.0 Å². The fourth-order valence-electron chi connectivity index (χ4n) is 1.46. The summed E-state index contributed by atoms with van der Waals surface area (Å²) in [6.45, 7) is 7.00. The van der Waals surface area contributed by atoms with E-state index >= 15 is 0 Å². The Bertz CT molecular complexity index is 286. The summed E-state index contributed by atoms with van der Waals surface area (Å²) in [5.74, 6) is 0. The molecule has 0 radical (unpaired) electrons. The normalized spacial score (nSPS) is 12.9. The second-order valence-corrected chi connectivity index (χ2v) is 4.04. The highest BCUT2D eigenvalue weighted by molar-refractivity contribution is 5.00. The second-order valence-electron chi connectivity index (χ2n) is 4.04. The van der Waals surface area contributed by atoms with E-state index in [0.717, 1.165) is 38.2 Å². The van der Waals surface area contributed by atoms with Gasteiger partial charge in [-0.2, -0.15) is 5.10 Å². The van der Waals surface area contributed by atoms with E-state index in [4.69, 9.17) is 4.74 Å². The van der Waals surface area contributed by atoms with Crippen LogP contribution < -0.4 is 5.32 Å². The molecule has 0 spiro atoms. The largest absolute Gasteiger partial charge is 0.383 e. The van der Waals surface area contributed by atoms with Crippen LogP contribution in [-0.4, -0.2) is 36.6 Å². The molecule has 4 heteroatoms. The van der Waals surface area contributed by atoms with Gasteiger partial charge in [0, 0.05) is 38.9 Å². The predicted octanol–water partition coefficient (Wildman–Crippen LogP) is 1.63. The van der Waals surface area contributed by atoms with Crippen LogP contribution in [-0.2, 0) is 11.2 Å². The van der Waals surface area contributed by atoms with Crippen molar-refractivity contribution >= 4 is 0 Å². The third-order valence-electron chi connectivity index (χ3n) is 2.75. The predicted molar refractivity (Wildman–Crippen MR) is 65.7 cm³/mol. The van der Waals surface area contributed by atoms with E-state index in [1.807, 2.05) is 4.68 Å². The van der Waals surface area contributed by atoms with Crippen LogP contribution in [0.2, 0.25) is 0 Å². The topological polar surface area (TPSA) is 39.1 Å². The first-order chi connectivity index (χ1) is 7.77. The van der Waals surface area contributed by atoms with Gasteiger partial charge in [-0.25, -0.2) is 0 Å². The number of nitrogens with one attached hydrogen (secondary N) is 1. The van der Waals surface area contributed by atoms with Gasteiger partial charge >= 0.3 is 0 Å². The van der Waals surface area contributed by atoms with Crippen molar-refractivity contribution in [3.8, 4) is 0 Å². The summed E-state index contributed by atoms with van der Waals surface area (Å²) < 4.78 is 7.01. The van der Waals surface area contributed by atoms with E-state index in [0.29, 0.717) is 6.04 Å². The molecule has 1 aromatic heterocycles. The summed E-state index contributed by atoms with van der Waals surface area (Å²) in [6, 6.07) is 2.60. The molecule has 0 aliphatic rings. The summed E-state index contributed by atoms with van der Waals surface area (Å²) >= 11 is 0. The Balaban J connectivity index is 2.24. The SMILES string of the molecule is CCC(C)n1ccc(CCNCCOC)n1. The molecular weight excluding hydrogens is 202 g/mol. The lowest BCUT2D eigenvalue weighted by molar-refractivity contribution is 0.199. The number of hydrogen-bond donors (Lipinski definition) is 1. The van der Waals surface area contributed by atoms with E-state index < -0.39 is 0 Å². The van der Waals surface area contributed by atoms with Gasteiger partial charge < -0.3 is 10.1 Å². The maximum Gasteiger partial charge on any atom is 0.0637 e. The molecule has 0 bridgehead atoms. The standard InChI is InChI=1S/C12H23N3O/c1-4-11(2)15-9-6-12(14-15)5-7-13-8-10-16-3/h6,9,11,13H,4-5,7-8,10H2,1-3H3. The molecule has 1 heterocycles. The van der Waals surface area contributed by atoms with Crippen molar-refractivity contribution in [1.29, 1.82) is 0 Å². The van der Waals surface area contributed by atoms with Crippen LogP contribution in [0.25, 0.3) is 0 Å². The zero-order valence-electron chi connectivity index (χ0n) is 10.6. The summed E-state index contributed by atoms with van der Waals surface area (Å²) in [6.07, 6.45) is 4.17. The molecule has 0 saturated heterocycles. The van der Waals surface area contributed by atoms with Crippen LogP contribution in [0.4, 0.5) is 0 Å². The molecule has 0 saturated carbocycles.